The molecule has 6 rings (SSSR count). The number of rotatable bonds is 6. The molecule has 2 aliphatic heterocycles. The van der Waals surface area contributed by atoms with Crippen molar-refractivity contribution in [1.29, 1.82) is 0 Å². The van der Waals surface area contributed by atoms with Gasteiger partial charge in [0.25, 0.3) is 0 Å². The average Bonchev–Trinajstić information content (AvgIpc) is 3.05. The number of aromatic nitrogens is 4. The monoisotopic (exact) mass is 487 g/mol. The summed E-state index contributed by atoms with van der Waals surface area (Å²) in [6.45, 7) is 8.90. The van der Waals surface area contributed by atoms with Crippen molar-refractivity contribution in [2.24, 2.45) is 13.0 Å². The zero-order valence-electron chi connectivity index (χ0n) is 21.2. The number of likely N-dealkylation sites (tertiary alicyclic amines) is 1. The molecule has 0 radical (unpaired) electrons. The Kier molecular flexibility index (Phi) is 5.91. The van der Waals surface area contributed by atoms with Crippen LogP contribution in [0.2, 0.25) is 0 Å². The second kappa shape index (κ2) is 9.24. The molecule has 0 aliphatic carbocycles. The molecule has 1 fully saturated rings. The number of ether oxygens (including phenoxy) is 2. The highest BCUT2D eigenvalue weighted by atomic mass is 16.5. The molecular weight excluding hydrogens is 454 g/mol. The molecule has 2 aliphatic rings. The van der Waals surface area contributed by atoms with Crippen molar-refractivity contribution in [3.05, 3.63) is 47.1 Å². The lowest BCUT2D eigenvalue weighted by atomic mass is 9.99. The van der Waals surface area contributed by atoms with E-state index in [-0.39, 0.29) is 11.7 Å². The van der Waals surface area contributed by atoms with Gasteiger partial charge in [-0.1, -0.05) is 6.92 Å². The van der Waals surface area contributed by atoms with Crippen LogP contribution in [0.1, 0.15) is 39.2 Å². The van der Waals surface area contributed by atoms with Crippen molar-refractivity contribution in [3.8, 4) is 22.8 Å². The first kappa shape index (κ1) is 23.0. The molecule has 0 N–H and O–H groups in total. The molecule has 8 nitrogen and oxygen atoms in total. The van der Waals surface area contributed by atoms with Gasteiger partial charge in [-0.3, -0.25) is 14.1 Å². The van der Waals surface area contributed by atoms with Gasteiger partial charge < -0.3 is 14.4 Å². The number of piperidine rings is 1. The summed E-state index contributed by atoms with van der Waals surface area (Å²) in [6.07, 6.45) is 7.21. The van der Waals surface area contributed by atoms with Crippen LogP contribution >= 0.6 is 0 Å². The summed E-state index contributed by atoms with van der Waals surface area (Å²) in [4.78, 5) is 24.7. The number of aryl methyl sites for hydroxylation is 1. The van der Waals surface area contributed by atoms with Gasteiger partial charge in [-0.2, -0.15) is 0 Å². The van der Waals surface area contributed by atoms with Gasteiger partial charge in [-0.25, -0.2) is 9.78 Å². The predicted molar refractivity (Wildman–Crippen MR) is 141 cm³/mol. The van der Waals surface area contributed by atoms with E-state index >= 15 is 0 Å². The molecule has 1 saturated heterocycles. The Balaban J connectivity index is 1.24. The zero-order valence-corrected chi connectivity index (χ0v) is 21.2. The highest BCUT2D eigenvalue weighted by molar-refractivity contribution is 6.09. The fraction of sp³-hybridized carbons (Fsp3) is 0.464. The topological polar surface area (TPSA) is 74.4 Å². The highest BCUT2D eigenvalue weighted by Gasteiger charge is 2.26. The fourth-order valence-corrected chi connectivity index (χ4v) is 5.52. The number of benzene rings is 1. The predicted octanol–water partition coefficient (Wildman–Crippen LogP) is 4.40. The van der Waals surface area contributed by atoms with Crippen molar-refractivity contribution in [1.82, 2.24) is 24.0 Å². The molecular formula is C28H33N5O3. The fourth-order valence-electron chi connectivity index (χ4n) is 5.52. The van der Waals surface area contributed by atoms with Crippen LogP contribution in [-0.4, -0.2) is 56.9 Å². The van der Waals surface area contributed by atoms with Crippen LogP contribution < -0.4 is 15.2 Å². The third-order valence-electron chi connectivity index (χ3n) is 7.74. The standard InChI is InChI=1S/C28H33N5O3/c1-18-9-12-32(13-10-18)11-4-14-35-24-8-5-20(15-30-24)21-6-7-22-25-26-23(16-29-22)31(3)28(34)33(26)19(2)17-36-27(21)25/h5-8,15-16,18-19H,4,9-14,17H2,1-3H3/t19-/m0/s1. The van der Waals surface area contributed by atoms with Crippen LogP contribution in [0.15, 0.2) is 41.5 Å². The maximum absolute atomic E-state index is 13.0. The van der Waals surface area contributed by atoms with Crippen molar-refractivity contribution < 1.29 is 9.47 Å². The molecule has 8 heteroatoms. The third-order valence-corrected chi connectivity index (χ3v) is 7.74. The molecule has 0 amide bonds. The van der Waals surface area contributed by atoms with Gasteiger partial charge in [0.15, 0.2) is 0 Å². The Hall–Kier alpha value is -3.39. The van der Waals surface area contributed by atoms with Gasteiger partial charge in [0.05, 0.1) is 40.8 Å². The Morgan fingerprint density at radius 3 is 2.69 bits per heavy atom. The van der Waals surface area contributed by atoms with Gasteiger partial charge in [0, 0.05) is 37.0 Å². The summed E-state index contributed by atoms with van der Waals surface area (Å²) in [6, 6.07) is 7.87. The van der Waals surface area contributed by atoms with Crippen LogP contribution in [0.3, 0.4) is 0 Å². The summed E-state index contributed by atoms with van der Waals surface area (Å²) in [5.74, 6) is 2.24. The molecule has 188 valence electrons. The van der Waals surface area contributed by atoms with Crippen LogP contribution in [0.4, 0.5) is 0 Å². The van der Waals surface area contributed by atoms with Crippen molar-refractivity contribution in [2.75, 3.05) is 32.8 Å². The SMILES string of the molecule is CC1CCN(CCCOc2ccc(-c3ccc4ncc5c6c4c3OC[C@H](C)n6c(=O)n5C)cn2)CC1. The Morgan fingerprint density at radius 1 is 1.08 bits per heavy atom. The van der Waals surface area contributed by atoms with Crippen LogP contribution in [0.25, 0.3) is 33.1 Å². The lowest BCUT2D eigenvalue weighted by Crippen LogP contribution is -2.34. The van der Waals surface area contributed by atoms with Crippen molar-refractivity contribution in [2.45, 2.75) is 39.2 Å². The molecule has 5 heterocycles. The minimum absolute atomic E-state index is 0.0494. The first-order valence-electron chi connectivity index (χ1n) is 13.0. The smallest absolute Gasteiger partial charge is 0.329 e. The second-order valence-corrected chi connectivity index (χ2v) is 10.3. The van der Waals surface area contributed by atoms with Crippen LogP contribution in [0.5, 0.6) is 11.6 Å². The molecule has 0 bridgehead atoms. The van der Waals surface area contributed by atoms with E-state index in [0.29, 0.717) is 19.1 Å². The van der Waals surface area contributed by atoms with Gasteiger partial charge in [-0.05, 0) is 63.4 Å². The molecule has 1 atom stereocenters. The maximum Gasteiger partial charge on any atom is 0.329 e. The van der Waals surface area contributed by atoms with Gasteiger partial charge in [0.2, 0.25) is 5.88 Å². The maximum atomic E-state index is 13.0. The summed E-state index contributed by atoms with van der Waals surface area (Å²) >= 11 is 0. The summed E-state index contributed by atoms with van der Waals surface area (Å²) in [5.41, 5.74) is 4.33. The second-order valence-electron chi connectivity index (χ2n) is 10.3. The molecule has 36 heavy (non-hydrogen) atoms. The van der Waals surface area contributed by atoms with E-state index in [1.54, 1.807) is 17.8 Å². The summed E-state index contributed by atoms with van der Waals surface area (Å²) < 4.78 is 15.8. The van der Waals surface area contributed by atoms with E-state index < -0.39 is 0 Å². The molecule has 0 saturated carbocycles. The summed E-state index contributed by atoms with van der Waals surface area (Å²) in [5, 5.41) is 0.875. The Morgan fingerprint density at radius 2 is 1.92 bits per heavy atom. The normalized spacial score (nSPS) is 18.6. The van der Waals surface area contributed by atoms with E-state index in [0.717, 1.165) is 57.7 Å². The van der Waals surface area contributed by atoms with Crippen LogP contribution in [-0.2, 0) is 7.05 Å². The van der Waals surface area contributed by atoms with E-state index in [1.165, 1.54) is 25.9 Å². The van der Waals surface area contributed by atoms with E-state index in [1.807, 2.05) is 42.0 Å². The molecule has 0 spiro atoms. The van der Waals surface area contributed by atoms with Gasteiger partial charge in [0.1, 0.15) is 12.4 Å². The number of hydrogen-bond donors (Lipinski definition) is 0. The molecule has 3 aromatic heterocycles. The molecule has 4 aromatic rings. The minimum Gasteiger partial charge on any atom is -0.490 e. The number of nitrogens with zero attached hydrogens (tertiary/aromatic N) is 5. The average molecular weight is 488 g/mol. The van der Waals surface area contributed by atoms with Gasteiger partial charge >= 0.3 is 5.69 Å². The Bertz CT molecular complexity index is 1470. The quantitative estimate of drug-likeness (QED) is 0.375. The van der Waals surface area contributed by atoms with E-state index in [2.05, 4.69) is 21.8 Å². The largest absolute Gasteiger partial charge is 0.490 e. The lowest BCUT2D eigenvalue weighted by Gasteiger charge is -2.29. The highest BCUT2D eigenvalue weighted by Crippen LogP contribution is 2.42. The van der Waals surface area contributed by atoms with Crippen molar-refractivity contribution in [3.63, 3.8) is 0 Å². The number of pyridine rings is 2. The molecule has 1 aromatic carbocycles. The number of hydrogen-bond acceptors (Lipinski definition) is 6. The Labute approximate surface area is 210 Å². The summed E-state index contributed by atoms with van der Waals surface area (Å²) in [7, 11) is 1.79. The van der Waals surface area contributed by atoms with Gasteiger partial charge in [-0.15, -0.1) is 0 Å². The van der Waals surface area contributed by atoms with E-state index in [4.69, 9.17) is 9.47 Å². The molecule has 0 unspecified atom stereocenters. The van der Waals surface area contributed by atoms with Crippen molar-refractivity contribution >= 4 is 21.9 Å². The number of imidazole rings is 1. The lowest BCUT2D eigenvalue weighted by molar-refractivity contribution is 0.176. The first-order valence-corrected chi connectivity index (χ1v) is 13.0. The third kappa shape index (κ3) is 3.93. The van der Waals surface area contributed by atoms with Crippen LogP contribution in [0, 0.1) is 5.92 Å². The minimum atomic E-state index is -0.0886. The zero-order chi connectivity index (χ0) is 24.8. The van der Waals surface area contributed by atoms with E-state index in [9.17, 15) is 4.79 Å². The first-order chi connectivity index (χ1) is 17.5.